The molecule has 1 aliphatic rings. The van der Waals surface area contributed by atoms with Gasteiger partial charge < -0.3 is 10.6 Å². The van der Waals surface area contributed by atoms with Crippen molar-refractivity contribution in [2.75, 3.05) is 17.2 Å². The van der Waals surface area contributed by atoms with Gasteiger partial charge in [0.25, 0.3) is 0 Å². The van der Waals surface area contributed by atoms with Gasteiger partial charge in [0.05, 0.1) is 11.4 Å². The Bertz CT molecular complexity index is 550. The number of hydrogen-bond acceptors (Lipinski definition) is 3. The fourth-order valence-corrected chi connectivity index (χ4v) is 3.48. The Hall–Kier alpha value is -1.00. The maximum atomic E-state index is 6.06. The third-order valence-electron chi connectivity index (χ3n) is 3.14. The zero-order chi connectivity index (χ0) is 11.8. The van der Waals surface area contributed by atoms with Gasteiger partial charge in [-0.1, -0.05) is 15.9 Å². The number of halogens is 1. The van der Waals surface area contributed by atoms with Crippen molar-refractivity contribution in [1.82, 2.24) is 0 Å². The van der Waals surface area contributed by atoms with Crippen LogP contribution in [0.15, 0.2) is 34.1 Å². The van der Waals surface area contributed by atoms with Crippen molar-refractivity contribution in [2.24, 2.45) is 0 Å². The lowest BCUT2D eigenvalue weighted by Gasteiger charge is -2.30. The Morgan fingerprint density at radius 1 is 1.29 bits per heavy atom. The van der Waals surface area contributed by atoms with Crippen LogP contribution in [-0.2, 0) is 13.0 Å². The summed E-state index contributed by atoms with van der Waals surface area (Å²) in [6, 6.07) is 8.27. The van der Waals surface area contributed by atoms with Gasteiger partial charge in [0.15, 0.2) is 0 Å². The van der Waals surface area contributed by atoms with E-state index in [-0.39, 0.29) is 0 Å². The predicted molar refractivity (Wildman–Crippen MR) is 77.6 cm³/mol. The maximum Gasteiger partial charge on any atom is 0.0614 e. The summed E-state index contributed by atoms with van der Waals surface area (Å²) in [5.74, 6) is 0. The van der Waals surface area contributed by atoms with Gasteiger partial charge in [0.2, 0.25) is 0 Å². The fourth-order valence-electron chi connectivity index (χ4n) is 2.24. The number of thiophene rings is 1. The summed E-state index contributed by atoms with van der Waals surface area (Å²) >= 11 is 5.37. The summed E-state index contributed by atoms with van der Waals surface area (Å²) in [4.78, 5) is 3.88. The first kappa shape index (κ1) is 11.1. The first-order chi connectivity index (χ1) is 8.24. The van der Waals surface area contributed by atoms with Gasteiger partial charge in [-0.25, -0.2) is 0 Å². The van der Waals surface area contributed by atoms with Crippen LogP contribution in [0.25, 0.3) is 0 Å². The molecule has 2 aromatic rings. The zero-order valence-corrected chi connectivity index (χ0v) is 11.7. The smallest absolute Gasteiger partial charge is 0.0614 e. The highest BCUT2D eigenvalue weighted by Gasteiger charge is 2.18. The molecule has 1 aliphatic heterocycles. The summed E-state index contributed by atoms with van der Waals surface area (Å²) in [7, 11) is 0. The van der Waals surface area contributed by atoms with E-state index in [2.05, 4.69) is 38.3 Å². The molecule has 0 spiro atoms. The van der Waals surface area contributed by atoms with Crippen molar-refractivity contribution in [3.05, 3.63) is 44.6 Å². The standard InChI is InChI=1S/C13H13BrN2S/c14-10-1-2-11(15)12(7-10)16-5-3-13-9(8-16)4-6-17-13/h1-2,4,6-7H,3,5,8,15H2. The molecule has 0 saturated heterocycles. The van der Waals surface area contributed by atoms with Crippen molar-refractivity contribution in [2.45, 2.75) is 13.0 Å². The minimum absolute atomic E-state index is 0.854. The summed E-state index contributed by atoms with van der Waals surface area (Å²) in [6.45, 7) is 2.02. The minimum Gasteiger partial charge on any atom is -0.397 e. The van der Waals surface area contributed by atoms with Crippen molar-refractivity contribution < 1.29 is 0 Å². The lowest BCUT2D eigenvalue weighted by Crippen LogP contribution is -2.29. The molecular formula is C13H13BrN2S. The normalized spacial score (nSPS) is 14.8. The highest BCUT2D eigenvalue weighted by Crippen LogP contribution is 2.32. The highest BCUT2D eigenvalue weighted by molar-refractivity contribution is 9.10. The van der Waals surface area contributed by atoms with Crippen molar-refractivity contribution in [3.63, 3.8) is 0 Å². The van der Waals surface area contributed by atoms with Gasteiger partial charge in [-0.2, -0.15) is 0 Å². The molecule has 0 unspecified atom stereocenters. The second kappa shape index (κ2) is 4.35. The van der Waals surface area contributed by atoms with Crippen LogP contribution in [0.2, 0.25) is 0 Å². The van der Waals surface area contributed by atoms with E-state index in [4.69, 9.17) is 5.73 Å². The molecule has 0 fully saturated rings. The van der Waals surface area contributed by atoms with Crippen molar-refractivity contribution >= 4 is 38.6 Å². The average molecular weight is 309 g/mol. The van der Waals surface area contributed by atoms with Crippen LogP contribution in [0.4, 0.5) is 11.4 Å². The summed E-state index contributed by atoms with van der Waals surface area (Å²) < 4.78 is 1.08. The Balaban J connectivity index is 1.94. The second-order valence-electron chi connectivity index (χ2n) is 4.24. The van der Waals surface area contributed by atoms with Crippen molar-refractivity contribution in [3.8, 4) is 0 Å². The monoisotopic (exact) mass is 308 g/mol. The van der Waals surface area contributed by atoms with Crippen LogP contribution < -0.4 is 10.6 Å². The van der Waals surface area contributed by atoms with Gasteiger partial charge in [-0.05, 0) is 41.6 Å². The van der Waals surface area contributed by atoms with Crippen LogP contribution in [0.5, 0.6) is 0 Å². The molecule has 2 N–H and O–H groups in total. The van der Waals surface area contributed by atoms with E-state index in [9.17, 15) is 0 Å². The largest absolute Gasteiger partial charge is 0.397 e. The Morgan fingerprint density at radius 2 is 2.18 bits per heavy atom. The summed E-state index contributed by atoms with van der Waals surface area (Å²) in [6.07, 6.45) is 1.12. The van der Waals surface area contributed by atoms with Crippen LogP contribution in [-0.4, -0.2) is 6.54 Å². The second-order valence-corrected chi connectivity index (χ2v) is 6.16. The van der Waals surface area contributed by atoms with E-state index in [1.54, 1.807) is 0 Å². The minimum atomic E-state index is 0.854. The molecule has 0 saturated carbocycles. The molecule has 0 radical (unpaired) electrons. The van der Waals surface area contributed by atoms with Gasteiger partial charge in [-0.15, -0.1) is 11.3 Å². The lowest BCUT2D eigenvalue weighted by molar-refractivity contribution is 0.744. The highest BCUT2D eigenvalue weighted by atomic mass is 79.9. The number of nitrogens with two attached hydrogens (primary N) is 1. The summed E-state index contributed by atoms with van der Waals surface area (Å²) in [5.41, 5.74) is 9.49. The van der Waals surface area contributed by atoms with Gasteiger partial charge in [-0.3, -0.25) is 0 Å². The van der Waals surface area contributed by atoms with E-state index in [1.165, 1.54) is 10.4 Å². The molecule has 3 rings (SSSR count). The number of rotatable bonds is 1. The summed E-state index contributed by atoms with van der Waals surface area (Å²) in [5, 5.41) is 2.18. The molecule has 88 valence electrons. The molecule has 1 aromatic heterocycles. The molecular weight excluding hydrogens is 296 g/mol. The maximum absolute atomic E-state index is 6.06. The Kier molecular flexibility index (Phi) is 2.84. The van der Waals surface area contributed by atoms with Crippen LogP contribution in [0.1, 0.15) is 10.4 Å². The quantitative estimate of drug-likeness (QED) is 0.815. The number of fused-ring (bicyclic) bond motifs is 1. The molecule has 1 aromatic carbocycles. The number of anilines is 2. The third kappa shape index (κ3) is 2.07. The van der Waals surface area contributed by atoms with E-state index in [0.29, 0.717) is 0 Å². The molecule has 0 atom stereocenters. The number of nitrogens with zero attached hydrogens (tertiary/aromatic N) is 1. The molecule has 2 heterocycles. The number of hydrogen-bond donors (Lipinski definition) is 1. The van der Waals surface area contributed by atoms with Crippen LogP contribution in [0, 0.1) is 0 Å². The van der Waals surface area contributed by atoms with E-state index in [0.717, 1.165) is 35.4 Å². The molecule has 0 amide bonds. The van der Waals surface area contributed by atoms with Crippen LogP contribution in [0.3, 0.4) is 0 Å². The van der Waals surface area contributed by atoms with Gasteiger partial charge in [0, 0.05) is 22.4 Å². The first-order valence-corrected chi connectivity index (χ1v) is 7.26. The Labute approximate surface area is 113 Å². The topological polar surface area (TPSA) is 29.3 Å². The number of nitrogen functional groups attached to an aromatic ring is 1. The first-order valence-electron chi connectivity index (χ1n) is 5.59. The zero-order valence-electron chi connectivity index (χ0n) is 9.32. The van der Waals surface area contributed by atoms with Gasteiger partial charge >= 0.3 is 0 Å². The molecule has 0 aliphatic carbocycles. The van der Waals surface area contributed by atoms with E-state index < -0.39 is 0 Å². The molecule has 4 heteroatoms. The predicted octanol–water partition coefficient (Wildman–Crippen LogP) is 3.66. The Morgan fingerprint density at radius 3 is 3.06 bits per heavy atom. The van der Waals surface area contributed by atoms with E-state index in [1.807, 2.05) is 23.5 Å². The van der Waals surface area contributed by atoms with E-state index >= 15 is 0 Å². The third-order valence-corrected chi connectivity index (χ3v) is 4.66. The molecule has 0 bridgehead atoms. The average Bonchev–Trinajstić information content (AvgIpc) is 2.79. The number of benzene rings is 1. The van der Waals surface area contributed by atoms with Crippen LogP contribution >= 0.6 is 27.3 Å². The van der Waals surface area contributed by atoms with Crippen molar-refractivity contribution in [1.29, 1.82) is 0 Å². The fraction of sp³-hybridized carbons (Fsp3) is 0.231. The molecule has 2 nitrogen and oxygen atoms in total. The SMILES string of the molecule is Nc1ccc(Br)cc1N1CCc2sccc2C1. The molecule has 17 heavy (non-hydrogen) atoms. The lowest BCUT2D eigenvalue weighted by atomic mass is 10.1. The van der Waals surface area contributed by atoms with Gasteiger partial charge in [0.1, 0.15) is 0 Å².